The average Bonchev–Trinajstić information content (AvgIpc) is 2.68. The highest BCUT2D eigenvalue weighted by Gasteiger charge is 2.15. The molecule has 176 valence electrons. The van der Waals surface area contributed by atoms with Gasteiger partial charge in [-0.15, -0.1) is 0 Å². The SMILES string of the molecule is CN(CCNC(=O)OC(C)(C)C)CCN(C)CCN(C)CC(=O)OCc1ccccc1. The van der Waals surface area contributed by atoms with Gasteiger partial charge in [0, 0.05) is 39.3 Å². The number of amides is 1. The van der Waals surface area contributed by atoms with Crippen molar-refractivity contribution in [2.24, 2.45) is 0 Å². The number of carbonyl (C=O) groups excluding carboxylic acids is 2. The van der Waals surface area contributed by atoms with Crippen LogP contribution in [0, 0.1) is 0 Å². The van der Waals surface area contributed by atoms with Crippen LogP contribution in [0.25, 0.3) is 0 Å². The topological polar surface area (TPSA) is 74.4 Å². The molecule has 0 radical (unpaired) electrons. The summed E-state index contributed by atoms with van der Waals surface area (Å²) in [4.78, 5) is 30.0. The fraction of sp³-hybridized carbons (Fsp3) is 0.652. The summed E-state index contributed by atoms with van der Waals surface area (Å²) in [7, 11) is 6.01. The Labute approximate surface area is 187 Å². The minimum absolute atomic E-state index is 0.216. The van der Waals surface area contributed by atoms with Crippen molar-refractivity contribution in [1.82, 2.24) is 20.0 Å². The molecule has 1 N–H and O–H groups in total. The summed E-state index contributed by atoms with van der Waals surface area (Å²) in [6, 6.07) is 9.68. The van der Waals surface area contributed by atoms with Crippen LogP contribution in [0.15, 0.2) is 30.3 Å². The molecule has 0 bridgehead atoms. The highest BCUT2D eigenvalue weighted by Crippen LogP contribution is 2.06. The van der Waals surface area contributed by atoms with Crippen LogP contribution >= 0.6 is 0 Å². The number of alkyl carbamates (subject to hydrolysis) is 1. The molecule has 1 rings (SSSR count). The van der Waals surface area contributed by atoms with Gasteiger partial charge in [0.2, 0.25) is 0 Å². The second-order valence-corrected chi connectivity index (χ2v) is 8.92. The standard InChI is InChI=1S/C23H40N4O4/c1-23(2,3)31-22(29)24-12-13-25(4)14-15-26(5)16-17-27(6)18-21(28)30-19-20-10-8-7-9-11-20/h7-11H,12-19H2,1-6H3,(H,24,29). The first-order valence-corrected chi connectivity index (χ1v) is 10.8. The van der Waals surface area contributed by atoms with E-state index >= 15 is 0 Å². The van der Waals surface area contributed by atoms with Gasteiger partial charge in [-0.3, -0.25) is 9.69 Å². The Hall–Kier alpha value is -2.16. The first kappa shape index (κ1) is 26.9. The number of carbonyl (C=O) groups is 2. The molecule has 0 aliphatic heterocycles. The Morgan fingerprint density at radius 3 is 2.00 bits per heavy atom. The van der Waals surface area contributed by atoms with Gasteiger partial charge in [-0.2, -0.15) is 0 Å². The Bertz CT molecular complexity index is 649. The largest absolute Gasteiger partial charge is 0.460 e. The molecule has 0 fully saturated rings. The number of nitrogens with zero attached hydrogens (tertiary/aromatic N) is 3. The van der Waals surface area contributed by atoms with Gasteiger partial charge in [0.25, 0.3) is 0 Å². The number of benzene rings is 1. The highest BCUT2D eigenvalue weighted by molar-refractivity contribution is 5.71. The molecular weight excluding hydrogens is 396 g/mol. The van der Waals surface area contributed by atoms with Gasteiger partial charge >= 0.3 is 12.1 Å². The molecular formula is C23H40N4O4. The van der Waals surface area contributed by atoms with Crippen LogP contribution < -0.4 is 5.32 Å². The van der Waals surface area contributed by atoms with Gasteiger partial charge < -0.3 is 24.6 Å². The van der Waals surface area contributed by atoms with Gasteiger partial charge in [-0.05, 0) is 47.5 Å². The molecule has 0 aliphatic rings. The quantitative estimate of drug-likeness (QED) is 0.475. The van der Waals surface area contributed by atoms with E-state index in [9.17, 15) is 9.59 Å². The lowest BCUT2D eigenvalue weighted by molar-refractivity contribution is -0.146. The average molecular weight is 437 g/mol. The minimum Gasteiger partial charge on any atom is -0.460 e. The van der Waals surface area contributed by atoms with Crippen molar-refractivity contribution >= 4 is 12.1 Å². The van der Waals surface area contributed by atoms with Gasteiger partial charge in [0.05, 0.1) is 6.54 Å². The van der Waals surface area contributed by atoms with Gasteiger partial charge in [-0.25, -0.2) is 4.79 Å². The van der Waals surface area contributed by atoms with Crippen LogP contribution in [-0.4, -0.2) is 99.3 Å². The van der Waals surface area contributed by atoms with Crippen molar-refractivity contribution in [3.05, 3.63) is 35.9 Å². The van der Waals surface area contributed by atoms with Crippen LogP contribution in [0.4, 0.5) is 4.79 Å². The molecule has 0 unspecified atom stereocenters. The summed E-state index contributed by atoms with van der Waals surface area (Å²) in [5.41, 5.74) is 0.508. The summed E-state index contributed by atoms with van der Waals surface area (Å²) in [6.07, 6.45) is -0.386. The molecule has 0 aromatic heterocycles. The van der Waals surface area contributed by atoms with Gasteiger partial charge in [0.15, 0.2) is 0 Å². The number of esters is 1. The van der Waals surface area contributed by atoms with Crippen LogP contribution in [0.3, 0.4) is 0 Å². The summed E-state index contributed by atoms with van der Waals surface area (Å²) < 4.78 is 10.5. The van der Waals surface area contributed by atoms with Crippen molar-refractivity contribution in [2.75, 3.05) is 67.0 Å². The zero-order valence-electron chi connectivity index (χ0n) is 20.0. The first-order valence-electron chi connectivity index (χ1n) is 10.8. The van der Waals surface area contributed by atoms with Gasteiger partial charge in [-0.1, -0.05) is 30.3 Å². The molecule has 8 nitrogen and oxygen atoms in total. The Kier molecular flexibility index (Phi) is 12.1. The monoisotopic (exact) mass is 436 g/mol. The van der Waals surface area contributed by atoms with E-state index in [2.05, 4.69) is 22.2 Å². The van der Waals surface area contributed by atoms with E-state index in [4.69, 9.17) is 9.47 Å². The number of ether oxygens (including phenoxy) is 2. The fourth-order valence-electron chi connectivity index (χ4n) is 2.65. The number of rotatable bonds is 13. The lowest BCUT2D eigenvalue weighted by Crippen LogP contribution is -2.40. The van der Waals surface area contributed by atoms with Crippen molar-refractivity contribution in [2.45, 2.75) is 33.0 Å². The third-order valence-corrected chi connectivity index (χ3v) is 4.53. The Balaban J connectivity index is 2.11. The van der Waals surface area contributed by atoms with Crippen LogP contribution in [-0.2, 0) is 20.9 Å². The molecule has 0 saturated carbocycles. The van der Waals surface area contributed by atoms with Crippen molar-refractivity contribution < 1.29 is 19.1 Å². The van der Waals surface area contributed by atoms with E-state index in [1.807, 2.05) is 70.1 Å². The number of hydrogen-bond acceptors (Lipinski definition) is 7. The lowest BCUT2D eigenvalue weighted by Gasteiger charge is -2.24. The molecule has 0 saturated heterocycles. The molecule has 8 heteroatoms. The summed E-state index contributed by atoms with van der Waals surface area (Å²) in [6.45, 7) is 10.8. The molecule has 1 aromatic rings. The van der Waals surface area contributed by atoms with Crippen LogP contribution in [0.2, 0.25) is 0 Å². The maximum absolute atomic E-state index is 12.0. The smallest absolute Gasteiger partial charge is 0.407 e. The molecule has 1 amide bonds. The van der Waals surface area contributed by atoms with E-state index in [1.165, 1.54) is 0 Å². The van der Waals surface area contributed by atoms with E-state index in [0.29, 0.717) is 13.2 Å². The lowest BCUT2D eigenvalue weighted by atomic mass is 10.2. The minimum atomic E-state index is -0.482. The van der Waals surface area contributed by atoms with Gasteiger partial charge in [0.1, 0.15) is 12.2 Å². The number of hydrogen-bond donors (Lipinski definition) is 1. The second kappa shape index (κ2) is 14.0. The first-order chi connectivity index (χ1) is 14.5. The third-order valence-electron chi connectivity index (χ3n) is 4.53. The molecule has 0 atom stereocenters. The van der Waals surface area contributed by atoms with Crippen molar-refractivity contribution in [3.63, 3.8) is 0 Å². The van der Waals surface area contributed by atoms with Crippen molar-refractivity contribution in [3.8, 4) is 0 Å². The van der Waals surface area contributed by atoms with Crippen LogP contribution in [0.1, 0.15) is 26.3 Å². The maximum atomic E-state index is 12.0. The molecule has 0 spiro atoms. The maximum Gasteiger partial charge on any atom is 0.407 e. The summed E-state index contributed by atoms with van der Waals surface area (Å²) >= 11 is 0. The van der Waals surface area contributed by atoms with Crippen LogP contribution in [0.5, 0.6) is 0 Å². The Morgan fingerprint density at radius 2 is 1.42 bits per heavy atom. The third kappa shape index (κ3) is 14.5. The van der Waals surface area contributed by atoms with E-state index in [1.54, 1.807) is 0 Å². The predicted octanol–water partition coefficient (Wildman–Crippen LogP) is 2.05. The number of nitrogens with one attached hydrogen (secondary N) is 1. The predicted molar refractivity (Wildman–Crippen MR) is 123 cm³/mol. The second-order valence-electron chi connectivity index (χ2n) is 8.92. The summed E-state index contributed by atoms with van der Waals surface area (Å²) in [5, 5.41) is 2.77. The summed E-state index contributed by atoms with van der Waals surface area (Å²) in [5.74, 6) is -0.216. The molecule has 31 heavy (non-hydrogen) atoms. The zero-order chi connectivity index (χ0) is 23.3. The highest BCUT2D eigenvalue weighted by atomic mass is 16.6. The molecule has 0 heterocycles. The Morgan fingerprint density at radius 1 is 0.871 bits per heavy atom. The van der Waals surface area contributed by atoms with E-state index in [-0.39, 0.29) is 18.6 Å². The van der Waals surface area contributed by atoms with E-state index in [0.717, 1.165) is 38.3 Å². The normalized spacial score (nSPS) is 11.8. The van der Waals surface area contributed by atoms with E-state index < -0.39 is 5.60 Å². The molecule has 0 aliphatic carbocycles. The zero-order valence-corrected chi connectivity index (χ0v) is 20.0. The number of likely N-dealkylation sites (N-methyl/N-ethyl adjacent to an activating group) is 3. The fourth-order valence-corrected chi connectivity index (χ4v) is 2.65. The van der Waals surface area contributed by atoms with Crippen molar-refractivity contribution in [1.29, 1.82) is 0 Å². The molecule has 1 aromatic carbocycles.